The summed E-state index contributed by atoms with van der Waals surface area (Å²) in [6.07, 6.45) is 1.05. The van der Waals surface area contributed by atoms with Crippen LogP contribution >= 0.6 is 0 Å². The third kappa shape index (κ3) is 2.44. The van der Waals surface area contributed by atoms with E-state index in [4.69, 9.17) is 4.74 Å². The number of nitrogens with zero attached hydrogens (tertiary/aromatic N) is 2. The maximum absolute atomic E-state index is 12.6. The molecule has 3 amide bonds. The summed E-state index contributed by atoms with van der Waals surface area (Å²) in [6.45, 7) is 1.17. The number of carbonyl (C=O) groups is 2. The number of nitrogens with one attached hydrogen (secondary N) is 2. The van der Waals surface area contributed by atoms with E-state index in [-0.39, 0.29) is 18.5 Å². The molecule has 3 rings (SSSR count). The number of carbonyl (C=O) groups excluding carboxylic acids is 2. The molecule has 2 N–H and O–H groups in total. The molecule has 0 unspecified atom stereocenters. The third-order valence-corrected chi connectivity index (χ3v) is 3.98. The Hall–Kier alpha value is -2.15. The zero-order chi connectivity index (χ0) is 14.9. The van der Waals surface area contributed by atoms with Gasteiger partial charge in [0.25, 0.3) is 5.91 Å². The Balaban J connectivity index is 1.79. The van der Waals surface area contributed by atoms with Crippen molar-refractivity contribution in [3.05, 3.63) is 23.9 Å². The van der Waals surface area contributed by atoms with Crippen LogP contribution in [0.3, 0.4) is 0 Å². The van der Waals surface area contributed by atoms with E-state index in [1.54, 1.807) is 13.1 Å². The lowest BCUT2D eigenvalue weighted by Gasteiger charge is -2.30. The van der Waals surface area contributed by atoms with Crippen molar-refractivity contribution in [2.75, 3.05) is 25.6 Å². The lowest BCUT2D eigenvalue weighted by atomic mass is 9.90. The highest BCUT2D eigenvalue weighted by molar-refractivity contribution is 6.07. The highest BCUT2D eigenvalue weighted by Gasteiger charge is 2.51. The van der Waals surface area contributed by atoms with Crippen molar-refractivity contribution >= 4 is 17.8 Å². The second-order valence-electron chi connectivity index (χ2n) is 5.28. The molecule has 0 saturated carbocycles. The molecular weight excluding hydrogens is 272 g/mol. The Kier molecular flexibility index (Phi) is 3.50. The molecule has 1 aromatic rings. The number of anilines is 1. The molecule has 2 aliphatic heterocycles. The van der Waals surface area contributed by atoms with Crippen LogP contribution in [0.25, 0.3) is 0 Å². The molecule has 7 nitrogen and oxygen atoms in total. The van der Waals surface area contributed by atoms with Gasteiger partial charge in [-0.05, 0) is 12.1 Å². The molecule has 112 valence electrons. The zero-order valence-electron chi connectivity index (χ0n) is 11.9. The normalized spacial score (nSPS) is 20.7. The van der Waals surface area contributed by atoms with Crippen LogP contribution in [0.1, 0.15) is 18.5 Å². The van der Waals surface area contributed by atoms with Crippen molar-refractivity contribution in [2.45, 2.75) is 24.9 Å². The summed E-state index contributed by atoms with van der Waals surface area (Å²) in [4.78, 5) is 30.3. The van der Waals surface area contributed by atoms with E-state index in [2.05, 4.69) is 15.6 Å². The first kappa shape index (κ1) is 13.8. The quantitative estimate of drug-likeness (QED) is 0.802. The summed E-state index contributed by atoms with van der Waals surface area (Å²) < 4.78 is 5.28. The van der Waals surface area contributed by atoms with Gasteiger partial charge in [-0.1, -0.05) is 6.07 Å². The van der Waals surface area contributed by atoms with Gasteiger partial charge in [0.05, 0.1) is 12.2 Å². The second kappa shape index (κ2) is 5.33. The van der Waals surface area contributed by atoms with Gasteiger partial charge in [0, 0.05) is 33.1 Å². The third-order valence-electron chi connectivity index (χ3n) is 3.98. The molecule has 0 radical (unpaired) electrons. The van der Waals surface area contributed by atoms with Crippen molar-refractivity contribution in [1.29, 1.82) is 0 Å². The number of amides is 3. The minimum Gasteiger partial charge on any atom is -0.381 e. The molecule has 2 saturated heterocycles. The predicted octanol–water partition coefficient (Wildman–Crippen LogP) is 0.724. The SMILES string of the molecule is CNc1cccc(CN2C(=O)NC3(CCOCC3)C2=O)n1. The molecule has 7 heteroatoms. The van der Waals surface area contributed by atoms with Crippen LogP contribution in [0.4, 0.5) is 10.6 Å². The number of rotatable bonds is 3. The smallest absolute Gasteiger partial charge is 0.325 e. The molecule has 0 atom stereocenters. The van der Waals surface area contributed by atoms with Crippen LogP contribution in [0.5, 0.6) is 0 Å². The maximum atomic E-state index is 12.6. The van der Waals surface area contributed by atoms with Crippen molar-refractivity contribution in [1.82, 2.24) is 15.2 Å². The number of hydrogen-bond acceptors (Lipinski definition) is 5. The summed E-state index contributed by atoms with van der Waals surface area (Å²) >= 11 is 0. The van der Waals surface area contributed by atoms with Gasteiger partial charge in [-0.2, -0.15) is 0 Å². The minimum atomic E-state index is -0.782. The number of urea groups is 1. The average molecular weight is 290 g/mol. The zero-order valence-corrected chi connectivity index (χ0v) is 11.9. The highest BCUT2D eigenvalue weighted by Crippen LogP contribution is 2.29. The van der Waals surface area contributed by atoms with Gasteiger partial charge in [-0.3, -0.25) is 9.69 Å². The lowest BCUT2D eigenvalue weighted by Crippen LogP contribution is -2.51. The molecule has 3 heterocycles. The van der Waals surface area contributed by atoms with E-state index >= 15 is 0 Å². The Morgan fingerprint density at radius 2 is 2.14 bits per heavy atom. The van der Waals surface area contributed by atoms with Gasteiger partial charge >= 0.3 is 6.03 Å². The number of aromatic nitrogens is 1. The summed E-state index contributed by atoms with van der Waals surface area (Å²) in [5.74, 6) is 0.535. The van der Waals surface area contributed by atoms with Crippen LogP contribution in [0.2, 0.25) is 0 Å². The van der Waals surface area contributed by atoms with Gasteiger partial charge < -0.3 is 15.4 Å². The van der Waals surface area contributed by atoms with Crippen LogP contribution in [-0.2, 0) is 16.1 Å². The fourth-order valence-electron chi connectivity index (χ4n) is 2.75. The first-order valence-electron chi connectivity index (χ1n) is 7.00. The van der Waals surface area contributed by atoms with Crippen molar-refractivity contribution in [2.24, 2.45) is 0 Å². The summed E-state index contributed by atoms with van der Waals surface area (Å²) in [6, 6.07) is 5.13. The van der Waals surface area contributed by atoms with E-state index in [0.29, 0.717) is 37.6 Å². The Bertz CT molecular complexity index is 569. The fraction of sp³-hybridized carbons (Fsp3) is 0.500. The van der Waals surface area contributed by atoms with Crippen LogP contribution in [0.15, 0.2) is 18.2 Å². The molecule has 0 aliphatic carbocycles. The van der Waals surface area contributed by atoms with Crippen molar-refractivity contribution in [3.8, 4) is 0 Å². The fourth-order valence-corrected chi connectivity index (χ4v) is 2.75. The summed E-state index contributed by atoms with van der Waals surface area (Å²) in [5, 5.41) is 5.77. The van der Waals surface area contributed by atoms with Gasteiger partial charge in [0.15, 0.2) is 0 Å². The van der Waals surface area contributed by atoms with Crippen LogP contribution in [-0.4, -0.2) is 47.6 Å². The van der Waals surface area contributed by atoms with Crippen molar-refractivity contribution < 1.29 is 14.3 Å². The van der Waals surface area contributed by atoms with Gasteiger partial charge in [0.1, 0.15) is 11.4 Å². The molecule has 1 spiro atoms. The molecule has 21 heavy (non-hydrogen) atoms. The number of pyridine rings is 1. The van der Waals surface area contributed by atoms with Gasteiger partial charge in [-0.15, -0.1) is 0 Å². The number of ether oxygens (including phenoxy) is 1. The van der Waals surface area contributed by atoms with E-state index in [0.717, 1.165) is 0 Å². The lowest BCUT2D eigenvalue weighted by molar-refractivity contribution is -0.134. The Labute approximate surface area is 122 Å². The first-order chi connectivity index (χ1) is 10.1. The molecular formula is C14H18N4O3. The molecule has 0 aromatic carbocycles. The molecule has 2 aliphatic rings. The van der Waals surface area contributed by atoms with Gasteiger partial charge in [-0.25, -0.2) is 9.78 Å². The average Bonchev–Trinajstić information content (AvgIpc) is 2.73. The highest BCUT2D eigenvalue weighted by atomic mass is 16.5. The Morgan fingerprint density at radius 3 is 2.86 bits per heavy atom. The van der Waals surface area contributed by atoms with Gasteiger partial charge in [0.2, 0.25) is 0 Å². The second-order valence-corrected chi connectivity index (χ2v) is 5.28. The van der Waals surface area contributed by atoms with E-state index < -0.39 is 5.54 Å². The summed E-state index contributed by atoms with van der Waals surface area (Å²) in [7, 11) is 1.77. The molecule has 0 bridgehead atoms. The van der Waals surface area contributed by atoms with E-state index in [1.165, 1.54) is 4.90 Å². The predicted molar refractivity (Wildman–Crippen MR) is 75.6 cm³/mol. The standard InChI is InChI=1S/C14H18N4O3/c1-15-11-4-2-3-10(16-11)9-18-12(19)14(17-13(18)20)5-7-21-8-6-14/h2-4H,5-9H2,1H3,(H,15,16)(H,17,20). The van der Waals surface area contributed by atoms with Crippen LogP contribution < -0.4 is 10.6 Å². The first-order valence-corrected chi connectivity index (χ1v) is 7.00. The van der Waals surface area contributed by atoms with E-state index in [1.807, 2.05) is 12.1 Å². The van der Waals surface area contributed by atoms with Crippen molar-refractivity contribution in [3.63, 3.8) is 0 Å². The number of imide groups is 1. The van der Waals surface area contributed by atoms with E-state index in [9.17, 15) is 9.59 Å². The molecule has 1 aromatic heterocycles. The minimum absolute atomic E-state index is 0.174. The summed E-state index contributed by atoms with van der Waals surface area (Å²) in [5.41, 5.74) is -0.106. The van der Waals surface area contributed by atoms with Crippen LogP contribution in [0, 0.1) is 0 Å². The topological polar surface area (TPSA) is 83.6 Å². The maximum Gasteiger partial charge on any atom is 0.325 e. The monoisotopic (exact) mass is 290 g/mol. The molecule has 2 fully saturated rings. The number of hydrogen-bond donors (Lipinski definition) is 2. The Morgan fingerprint density at radius 1 is 1.38 bits per heavy atom. The largest absolute Gasteiger partial charge is 0.381 e.